The molecule has 0 aliphatic rings. The summed E-state index contributed by atoms with van der Waals surface area (Å²) in [7, 11) is 3.21. The Hall–Kier alpha value is -2.28. The van der Waals surface area contributed by atoms with Crippen LogP contribution in [0.15, 0.2) is 47.5 Å². The van der Waals surface area contributed by atoms with Crippen molar-refractivity contribution in [2.45, 2.75) is 18.8 Å². The molecular formula is C17H20F3N3O. The highest BCUT2D eigenvalue weighted by Gasteiger charge is 2.38. The van der Waals surface area contributed by atoms with E-state index in [2.05, 4.69) is 10.3 Å². The molecule has 2 N–H and O–H groups in total. The second-order valence-corrected chi connectivity index (χ2v) is 5.52. The summed E-state index contributed by atoms with van der Waals surface area (Å²) >= 11 is 0. The lowest BCUT2D eigenvalue weighted by atomic mass is 10.1. The lowest BCUT2D eigenvalue weighted by molar-refractivity contribution is -0.201. The zero-order valence-corrected chi connectivity index (χ0v) is 13.5. The van der Waals surface area contributed by atoms with E-state index in [9.17, 15) is 13.2 Å². The molecule has 24 heavy (non-hydrogen) atoms. The van der Waals surface area contributed by atoms with Crippen molar-refractivity contribution in [1.29, 1.82) is 0 Å². The first-order valence-electron chi connectivity index (χ1n) is 7.45. The van der Waals surface area contributed by atoms with E-state index in [0.717, 1.165) is 16.3 Å². The van der Waals surface area contributed by atoms with Crippen molar-refractivity contribution in [2.24, 2.45) is 4.99 Å². The standard InChI is InChI=1S/C17H20F3N3O/c1-21-16(22-10-15(24)17(18,19)20)23(2)11-12-7-8-13-5-3-4-6-14(13)9-12/h3-9,15,24H,10-11H2,1-2H3,(H,21,22). The minimum atomic E-state index is -4.65. The maximum absolute atomic E-state index is 12.4. The number of rotatable bonds is 4. The number of aliphatic hydroxyl groups excluding tert-OH is 1. The Morgan fingerprint density at radius 2 is 1.88 bits per heavy atom. The second-order valence-electron chi connectivity index (χ2n) is 5.52. The summed E-state index contributed by atoms with van der Waals surface area (Å²) in [6, 6.07) is 13.9. The molecule has 0 heterocycles. The van der Waals surface area contributed by atoms with Crippen LogP contribution in [0.25, 0.3) is 10.8 Å². The van der Waals surface area contributed by atoms with Gasteiger partial charge in [-0.3, -0.25) is 4.99 Å². The minimum absolute atomic E-state index is 0.284. The zero-order chi connectivity index (χ0) is 17.7. The molecule has 2 rings (SSSR count). The van der Waals surface area contributed by atoms with E-state index in [1.807, 2.05) is 42.5 Å². The number of nitrogens with zero attached hydrogens (tertiary/aromatic N) is 2. The number of fused-ring (bicyclic) bond motifs is 1. The van der Waals surface area contributed by atoms with Crippen LogP contribution in [0.2, 0.25) is 0 Å². The topological polar surface area (TPSA) is 47.9 Å². The van der Waals surface area contributed by atoms with Crippen molar-refractivity contribution in [2.75, 3.05) is 20.6 Å². The third-order valence-electron chi connectivity index (χ3n) is 3.64. The molecule has 1 unspecified atom stereocenters. The van der Waals surface area contributed by atoms with E-state index in [0.29, 0.717) is 6.54 Å². The SMILES string of the molecule is CN=C(NCC(O)C(F)(F)F)N(C)Cc1ccc2ccccc2c1. The first kappa shape index (κ1) is 18.1. The van der Waals surface area contributed by atoms with Crippen LogP contribution in [0.4, 0.5) is 13.2 Å². The number of aliphatic hydroxyl groups is 1. The average molecular weight is 339 g/mol. The van der Waals surface area contributed by atoms with Gasteiger partial charge in [0.1, 0.15) is 0 Å². The number of alkyl halides is 3. The predicted molar refractivity (Wildman–Crippen MR) is 88.8 cm³/mol. The Labute approximate surface area is 138 Å². The van der Waals surface area contributed by atoms with Crippen molar-refractivity contribution >= 4 is 16.7 Å². The summed E-state index contributed by atoms with van der Waals surface area (Å²) in [5, 5.41) is 13.8. The molecule has 0 bridgehead atoms. The van der Waals surface area contributed by atoms with E-state index in [1.54, 1.807) is 11.9 Å². The van der Waals surface area contributed by atoms with Crippen molar-refractivity contribution < 1.29 is 18.3 Å². The molecule has 0 aliphatic heterocycles. The monoisotopic (exact) mass is 339 g/mol. The fourth-order valence-electron chi connectivity index (χ4n) is 2.37. The molecular weight excluding hydrogens is 319 g/mol. The molecule has 0 aliphatic carbocycles. The lowest BCUT2D eigenvalue weighted by Gasteiger charge is -2.24. The molecule has 0 spiro atoms. The van der Waals surface area contributed by atoms with E-state index < -0.39 is 18.8 Å². The number of hydrogen-bond acceptors (Lipinski definition) is 2. The Balaban J connectivity index is 2.01. The number of benzene rings is 2. The fraction of sp³-hybridized carbons (Fsp3) is 0.353. The number of aliphatic imine (C=N–C) groups is 1. The van der Waals surface area contributed by atoms with E-state index >= 15 is 0 Å². The Bertz CT molecular complexity index is 716. The molecule has 0 radical (unpaired) electrons. The van der Waals surface area contributed by atoms with Crippen LogP contribution in [0.1, 0.15) is 5.56 Å². The molecule has 2 aromatic rings. The molecule has 0 aromatic heterocycles. The summed E-state index contributed by atoms with van der Waals surface area (Å²) < 4.78 is 37.1. The third-order valence-corrected chi connectivity index (χ3v) is 3.64. The molecule has 2 aromatic carbocycles. The molecule has 1 atom stereocenters. The van der Waals surface area contributed by atoms with Gasteiger partial charge in [-0.2, -0.15) is 13.2 Å². The molecule has 0 fully saturated rings. The van der Waals surface area contributed by atoms with Gasteiger partial charge < -0.3 is 15.3 Å². The number of nitrogens with one attached hydrogen (secondary N) is 1. The predicted octanol–water partition coefficient (Wildman–Crippen LogP) is 2.77. The Kier molecular flexibility index (Phi) is 5.66. The number of hydrogen-bond donors (Lipinski definition) is 2. The number of guanidine groups is 1. The fourth-order valence-corrected chi connectivity index (χ4v) is 2.37. The summed E-state index contributed by atoms with van der Waals surface area (Å²) in [5.74, 6) is 0.284. The summed E-state index contributed by atoms with van der Waals surface area (Å²) in [6.45, 7) is -0.162. The molecule has 0 amide bonds. The van der Waals surface area contributed by atoms with Gasteiger partial charge >= 0.3 is 6.18 Å². The van der Waals surface area contributed by atoms with Crippen LogP contribution in [-0.2, 0) is 6.54 Å². The van der Waals surface area contributed by atoms with Crippen molar-refractivity contribution in [3.63, 3.8) is 0 Å². The highest BCUT2D eigenvalue weighted by atomic mass is 19.4. The van der Waals surface area contributed by atoms with Crippen LogP contribution in [0.3, 0.4) is 0 Å². The van der Waals surface area contributed by atoms with Crippen LogP contribution in [0, 0.1) is 0 Å². The van der Waals surface area contributed by atoms with Gasteiger partial charge in [0.15, 0.2) is 12.1 Å². The maximum atomic E-state index is 12.4. The quantitative estimate of drug-likeness (QED) is 0.665. The molecule has 130 valence electrons. The highest BCUT2D eigenvalue weighted by molar-refractivity contribution is 5.83. The van der Waals surface area contributed by atoms with Gasteiger partial charge in [-0.1, -0.05) is 36.4 Å². The minimum Gasteiger partial charge on any atom is -0.382 e. The summed E-state index contributed by atoms with van der Waals surface area (Å²) in [4.78, 5) is 5.66. The van der Waals surface area contributed by atoms with Gasteiger partial charge in [0.25, 0.3) is 0 Å². The summed E-state index contributed by atoms with van der Waals surface area (Å²) in [6.07, 6.45) is -7.08. The van der Waals surface area contributed by atoms with Gasteiger partial charge in [0, 0.05) is 20.6 Å². The van der Waals surface area contributed by atoms with Crippen LogP contribution in [-0.4, -0.2) is 48.9 Å². The maximum Gasteiger partial charge on any atom is 0.416 e. The van der Waals surface area contributed by atoms with Crippen molar-refractivity contribution in [1.82, 2.24) is 10.2 Å². The van der Waals surface area contributed by atoms with Gasteiger partial charge in [0.05, 0.1) is 6.54 Å². The lowest BCUT2D eigenvalue weighted by Crippen LogP contribution is -2.45. The molecule has 7 heteroatoms. The van der Waals surface area contributed by atoms with Crippen LogP contribution >= 0.6 is 0 Å². The first-order valence-corrected chi connectivity index (χ1v) is 7.45. The van der Waals surface area contributed by atoms with Gasteiger partial charge in [-0.05, 0) is 22.4 Å². The third kappa shape index (κ3) is 4.61. The molecule has 0 saturated heterocycles. The Morgan fingerprint density at radius 1 is 1.21 bits per heavy atom. The molecule has 4 nitrogen and oxygen atoms in total. The highest BCUT2D eigenvalue weighted by Crippen LogP contribution is 2.19. The Morgan fingerprint density at radius 3 is 2.50 bits per heavy atom. The van der Waals surface area contributed by atoms with Crippen LogP contribution in [0.5, 0.6) is 0 Å². The normalized spacial score (nSPS) is 13.8. The van der Waals surface area contributed by atoms with E-state index in [1.165, 1.54) is 7.05 Å². The second kappa shape index (κ2) is 7.53. The number of halogens is 3. The smallest absolute Gasteiger partial charge is 0.382 e. The first-order chi connectivity index (χ1) is 11.3. The van der Waals surface area contributed by atoms with Gasteiger partial charge in [-0.25, -0.2) is 0 Å². The molecule has 0 saturated carbocycles. The largest absolute Gasteiger partial charge is 0.416 e. The zero-order valence-electron chi connectivity index (χ0n) is 13.5. The van der Waals surface area contributed by atoms with Gasteiger partial charge in [0.2, 0.25) is 0 Å². The van der Waals surface area contributed by atoms with E-state index in [-0.39, 0.29) is 5.96 Å². The van der Waals surface area contributed by atoms with Crippen molar-refractivity contribution in [3.8, 4) is 0 Å². The van der Waals surface area contributed by atoms with Crippen molar-refractivity contribution in [3.05, 3.63) is 48.0 Å². The van der Waals surface area contributed by atoms with E-state index in [4.69, 9.17) is 5.11 Å². The average Bonchev–Trinajstić information content (AvgIpc) is 2.54. The van der Waals surface area contributed by atoms with Gasteiger partial charge in [-0.15, -0.1) is 0 Å². The van der Waals surface area contributed by atoms with Crippen LogP contribution < -0.4 is 5.32 Å². The summed E-state index contributed by atoms with van der Waals surface area (Å²) in [5.41, 5.74) is 1.01.